The maximum absolute atomic E-state index is 6.54. The van der Waals surface area contributed by atoms with E-state index in [2.05, 4.69) is 163 Å². The zero-order valence-corrected chi connectivity index (χ0v) is 29.9. The van der Waals surface area contributed by atoms with Crippen LogP contribution in [0.1, 0.15) is 22.9 Å². The number of amidine groups is 2. The van der Waals surface area contributed by atoms with E-state index in [1.54, 1.807) is 0 Å². The van der Waals surface area contributed by atoms with E-state index in [1.807, 2.05) is 42.5 Å². The molecule has 9 aromatic rings. The zero-order chi connectivity index (χ0) is 36.6. The molecule has 55 heavy (non-hydrogen) atoms. The summed E-state index contributed by atoms with van der Waals surface area (Å²) in [5.74, 6) is 1.45. The number of nitrogens with one attached hydrogen (secondary N) is 1. The molecule has 260 valence electrons. The lowest BCUT2D eigenvalue weighted by Gasteiger charge is -2.25. The number of para-hydroxylation sites is 1. The van der Waals surface area contributed by atoms with Gasteiger partial charge < -0.3 is 9.73 Å². The van der Waals surface area contributed by atoms with Gasteiger partial charge in [0, 0.05) is 27.5 Å². The average molecular weight is 706 g/mol. The lowest BCUT2D eigenvalue weighted by molar-refractivity contribution is 0.662. The van der Waals surface area contributed by atoms with Crippen molar-refractivity contribution in [3.05, 3.63) is 217 Å². The highest BCUT2D eigenvalue weighted by Crippen LogP contribution is 2.39. The van der Waals surface area contributed by atoms with Gasteiger partial charge in [-0.1, -0.05) is 182 Å². The van der Waals surface area contributed by atoms with Crippen molar-refractivity contribution >= 4 is 33.6 Å². The summed E-state index contributed by atoms with van der Waals surface area (Å²) >= 11 is 0. The van der Waals surface area contributed by atoms with Gasteiger partial charge in [0.1, 0.15) is 23.2 Å². The predicted molar refractivity (Wildman–Crippen MR) is 227 cm³/mol. The van der Waals surface area contributed by atoms with Crippen LogP contribution in [0.5, 0.6) is 0 Å². The number of hydrogen-bond donors (Lipinski definition) is 1. The normalized spacial score (nSPS) is 14.0. The highest BCUT2D eigenvalue weighted by molar-refractivity contribution is 6.14. The standard InChI is InChI=1S/C51H35N3O/c1-4-12-34(13-5-1)36-20-22-38(23-21-36)39-28-30-42(31-29-39)50-52-49(41-16-8-3-9-17-41)53-51(54-50)45-32-43(33-47-48(45)44-18-10-11-19-46(44)55-47)40-26-24-37(25-27-40)35-14-6-2-7-15-35/h1-33,51H,(H,52,53,54). The second-order valence-electron chi connectivity index (χ2n) is 13.8. The van der Waals surface area contributed by atoms with Gasteiger partial charge in [0.2, 0.25) is 0 Å². The predicted octanol–water partition coefficient (Wildman–Crippen LogP) is 12.7. The minimum absolute atomic E-state index is 0.431. The molecule has 1 N–H and O–H groups in total. The van der Waals surface area contributed by atoms with Crippen LogP contribution in [0, 0.1) is 0 Å². The minimum Gasteiger partial charge on any atom is -0.456 e. The Morgan fingerprint density at radius 1 is 0.382 bits per heavy atom. The Kier molecular flexibility index (Phi) is 8.19. The maximum Gasteiger partial charge on any atom is 0.159 e. The van der Waals surface area contributed by atoms with Gasteiger partial charge in [-0.2, -0.15) is 0 Å². The molecular formula is C51H35N3O. The van der Waals surface area contributed by atoms with Crippen LogP contribution >= 0.6 is 0 Å². The van der Waals surface area contributed by atoms with Crippen molar-refractivity contribution in [2.75, 3.05) is 0 Å². The van der Waals surface area contributed by atoms with E-state index in [4.69, 9.17) is 14.4 Å². The van der Waals surface area contributed by atoms with E-state index < -0.39 is 6.17 Å². The van der Waals surface area contributed by atoms with Crippen LogP contribution < -0.4 is 5.32 Å². The summed E-state index contributed by atoms with van der Waals surface area (Å²) in [6.07, 6.45) is -0.431. The van der Waals surface area contributed by atoms with Gasteiger partial charge in [-0.25, -0.2) is 9.98 Å². The van der Waals surface area contributed by atoms with E-state index in [0.29, 0.717) is 5.84 Å². The second-order valence-corrected chi connectivity index (χ2v) is 13.8. The smallest absolute Gasteiger partial charge is 0.159 e. The fraction of sp³-hybridized carbons (Fsp3) is 0.0196. The van der Waals surface area contributed by atoms with Crippen LogP contribution in [-0.2, 0) is 0 Å². The molecule has 4 heteroatoms. The van der Waals surface area contributed by atoms with E-state index in [9.17, 15) is 0 Å². The molecule has 10 rings (SSSR count). The number of aliphatic imine (C=N–C) groups is 2. The van der Waals surface area contributed by atoms with Crippen LogP contribution in [-0.4, -0.2) is 11.7 Å². The van der Waals surface area contributed by atoms with E-state index in [0.717, 1.165) is 66.7 Å². The number of hydrogen-bond acceptors (Lipinski definition) is 4. The van der Waals surface area contributed by atoms with E-state index >= 15 is 0 Å². The molecule has 0 saturated heterocycles. The molecule has 1 aromatic heterocycles. The quantitative estimate of drug-likeness (QED) is 0.179. The van der Waals surface area contributed by atoms with Crippen molar-refractivity contribution in [1.82, 2.24) is 5.32 Å². The van der Waals surface area contributed by atoms with Crippen molar-refractivity contribution < 1.29 is 4.42 Å². The Bertz CT molecular complexity index is 2840. The first kappa shape index (κ1) is 32.4. The molecule has 0 bridgehead atoms. The van der Waals surface area contributed by atoms with Crippen molar-refractivity contribution in [1.29, 1.82) is 0 Å². The van der Waals surface area contributed by atoms with E-state index in [1.165, 1.54) is 22.3 Å². The number of fused-ring (bicyclic) bond motifs is 3. The largest absolute Gasteiger partial charge is 0.456 e. The summed E-state index contributed by atoms with van der Waals surface area (Å²) in [5.41, 5.74) is 13.9. The third-order valence-electron chi connectivity index (χ3n) is 10.4. The molecule has 1 aliphatic heterocycles. The molecule has 1 aliphatic rings. The molecular weight excluding hydrogens is 671 g/mol. The molecule has 2 heterocycles. The van der Waals surface area contributed by atoms with Gasteiger partial charge in [0.15, 0.2) is 5.84 Å². The molecule has 0 fully saturated rings. The van der Waals surface area contributed by atoms with Crippen LogP contribution in [0.3, 0.4) is 0 Å². The monoisotopic (exact) mass is 705 g/mol. The maximum atomic E-state index is 6.54. The molecule has 0 spiro atoms. The Morgan fingerprint density at radius 3 is 1.36 bits per heavy atom. The molecule has 0 saturated carbocycles. The van der Waals surface area contributed by atoms with Gasteiger partial charge in [-0.15, -0.1) is 0 Å². The fourth-order valence-electron chi connectivity index (χ4n) is 7.53. The SMILES string of the molecule is c1ccc(C2=NC(c3cc(-c4ccc(-c5ccccc5)cc4)cc4oc5ccccc5c34)NC(c3ccc(-c4ccc(-c5ccccc5)cc4)cc3)=N2)cc1. The van der Waals surface area contributed by atoms with Gasteiger partial charge in [-0.05, 0) is 62.7 Å². The van der Waals surface area contributed by atoms with E-state index in [-0.39, 0.29) is 0 Å². The topological polar surface area (TPSA) is 49.9 Å². The summed E-state index contributed by atoms with van der Waals surface area (Å²) in [6.45, 7) is 0. The summed E-state index contributed by atoms with van der Waals surface area (Å²) in [5, 5.41) is 5.85. The number of nitrogens with zero attached hydrogens (tertiary/aromatic N) is 2. The Balaban J connectivity index is 1.05. The number of benzene rings is 8. The lowest BCUT2D eigenvalue weighted by Crippen LogP contribution is -2.33. The third-order valence-corrected chi connectivity index (χ3v) is 10.4. The van der Waals surface area contributed by atoms with Gasteiger partial charge in [0.05, 0.1) is 0 Å². The first-order chi connectivity index (χ1) is 27.2. The molecule has 1 atom stereocenters. The molecule has 0 radical (unpaired) electrons. The summed E-state index contributed by atoms with van der Waals surface area (Å²) < 4.78 is 6.54. The lowest BCUT2D eigenvalue weighted by atomic mass is 9.95. The zero-order valence-electron chi connectivity index (χ0n) is 29.9. The van der Waals surface area contributed by atoms with Crippen LogP contribution in [0.15, 0.2) is 215 Å². The highest BCUT2D eigenvalue weighted by Gasteiger charge is 2.25. The molecule has 4 nitrogen and oxygen atoms in total. The van der Waals surface area contributed by atoms with Gasteiger partial charge in [0.25, 0.3) is 0 Å². The molecule has 0 amide bonds. The van der Waals surface area contributed by atoms with Crippen LogP contribution in [0.4, 0.5) is 0 Å². The molecule has 8 aromatic carbocycles. The van der Waals surface area contributed by atoms with Gasteiger partial charge in [-0.3, -0.25) is 0 Å². The summed E-state index contributed by atoms with van der Waals surface area (Å²) in [4.78, 5) is 10.4. The van der Waals surface area contributed by atoms with Crippen molar-refractivity contribution in [3.63, 3.8) is 0 Å². The van der Waals surface area contributed by atoms with Crippen molar-refractivity contribution in [3.8, 4) is 44.5 Å². The molecule has 0 aliphatic carbocycles. The first-order valence-corrected chi connectivity index (χ1v) is 18.6. The Labute approximate surface area is 319 Å². The average Bonchev–Trinajstić information content (AvgIpc) is 3.66. The number of rotatable bonds is 7. The first-order valence-electron chi connectivity index (χ1n) is 18.6. The number of furan rings is 1. The Morgan fingerprint density at radius 2 is 0.818 bits per heavy atom. The van der Waals surface area contributed by atoms with Crippen LogP contribution in [0.25, 0.3) is 66.4 Å². The highest BCUT2D eigenvalue weighted by atomic mass is 16.3. The fourth-order valence-corrected chi connectivity index (χ4v) is 7.53. The summed E-state index contributed by atoms with van der Waals surface area (Å²) in [6, 6.07) is 69.9. The Hall–Kier alpha value is -7.30. The van der Waals surface area contributed by atoms with Crippen molar-refractivity contribution in [2.45, 2.75) is 6.17 Å². The minimum atomic E-state index is -0.431. The van der Waals surface area contributed by atoms with Crippen molar-refractivity contribution in [2.24, 2.45) is 9.98 Å². The van der Waals surface area contributed by atoms with Crippen LogP contribution in [0.2, 0.25) is 0 Å². The molecule has 1 unspecified atom stereocenters. The second kappa shape index (κ2) is 13.9. The summed E-state index contributed by atoms with van der Waals surface area (Å²) in [7, 11) is 0. The van der Waals surface area contributed by atoms with Gasteiger partial charge >= 0.3 is 0 Å². The third kappa shape index (κ3) is 6.30.